The molecule has 0 aromatic carbocycles. The molecular formula is C19H22O5. The molecule has 0 aromatic rings. The first-order chi connectivity index (χ1) is 11.2. The molecule has 1 saturated heterocycles. The number of ether oxygens (including phenoxy) is 1. The number of aliphatic carboxylic acids is 1. The molecule has 24 heavy (non-hydrogen) atoms. The van der Waals surface area contributed by atoms with Crippen LogP contribution in [0.1, 0.15) is 39.0 Å². The van der Waals surface area contributed by atoms with Gasteiger partial charge < -0.3 is 14.9 Å². The van der Waals surface area contributed by atoms with Gasteiger partial charge in [-0.1, -0.05) is 18.7 Å². The van der Waals surface area contributed by atoms with Crippen LogP contribution in [-0.2, 0) is 14.3 Å². The fourth-order valence-corrected chi connectivity index (χ4v) is 7.23. The van der Waals surface area contributed by atoms with Gasteiger partial charge >= 0.3 is 11.9 Å². The highest BCUT2D eigenvalue weighted by Gasteiger charge is 2.82. The van der Waals surface area contributed by atoms with Gasteiger partial charge in [0, 0.05) is 18.3 Å². The molecule has 0 radical (unpaired) electrons. The van der Waals surface area contributed by atoms with Gasteiger partial charge in [0.1, 0.15) is 5.60 Å². The van der Waals surface area contributed by atoms with Gasteiger partial charge in [-0.15, -0.1) is 0 Å². The lowest BCUT2D eigenvalue weighted by molar-refractivity contribution is -0.162. The van der Waals surface area contributed by atoms with Gasteiger partial charge in [0.2, 0.25) is 0 Å². The molecule has 5 aliphatic rings. The predicted octanol–water partition coefficient (Wildman–Crippen LogP) is 2.06. The molecule has 3 saturated carbocycles. The summed E-state index contributed by atoms with van der Waals surface area (Å²) in [4.78, 5) is 25.0. The Kier molecular flexibility index (Phi) is 2.32. The zero-order valence-corrected chi connectivity index (χ0v) is 13.7. The quantitative estimate of drug-likeness (QED) is 0.568. The van der Waals surface area contributed by atoms with Crippen molar-refractivity contribution >= 4 is 11.9 Å². The van der Waals surface area contributed by atoms with Gasteiger partial charge in [-0.2, -0.15) is 0 Å². The van der Waals surface area contributed by atoms with Crippen molar-refractivity contribution in [2.45, 2.75) is 50.2 Å². The molecule has 0 aromatic heterocycles. The van der Waals surface area contributed by atoms with E-state index in [1.807, 2.05) is 19.1 Å². The lowest BCUT2D eigenvalue weighted by atomic mass is 9.62. The zero-order valence-electron chi connectivity index (χ0n) is 13.7. The van der Waals surface area contributed by atoms with Crippen LogP contribution in [0.2, 0.25) is 0 Å². The summed E-state index contributed by atoms with van der Waals surface area (Å²) in [5.74, 6) is -2.23. The zero-order chi connectivity index (χ0) is 17.1. The van der Waals surface area contributed by atoms with Crippen molar-refractivity contribution in [2.24, 2.45) is 28.6 Å². The van der Waals surface area contributed by atoms with E-state index in [-0.39, 0.29) is 17.8 Å². The Labute approximate surface area is 140 Å². The number of hydrogen-bond donors (Lipinski definition) is 2. The molecular weight excluding hydrogens is 308 g/mol. The number of carbonyl (C=O) groups excluding carboxylic acids is 1. The van der Waals surface area contributed by atoms with Crippen molar-refractivity contribution in [1.29, 1.82) is 0 Å². The standard InChI is InChI=1S/C19H22O5/c1-10-8-17-9-18(10,23)7-4-11(17)19-6-3-5-16(2,15(22)24-19)13(19)12(17)14(20)21/h3,5,11-13,23H,1,4,6-9H2,2H3,(H,20,21)/t11-,12-,13-,16-,17+,18+,19-/m1/s1. The van der Waals surface area contributed by atoms with Crippen LogP contribution in [0.3, 0.4) is 0 Å². The number of rotatable bonds is 1. The van der Waals surface area contributed by atoms with Crippen molar-refractivity contribution in [3.63, 3.8) is 0 Å². The Hall–Kier alpha value is -1.62. The monoisotopic (exact) mass is 330 g/mol. The van der Waals surface area contributed by atoms with Crippen LogP contribution < -0.4 is 0 Å². The fraction of sp³-hybridized carbons (Fsp3) is 0.684. The first kappa shape index (κ1) is 14.7. The van der Waals surface area contributed by atoms with E-state index in [2.05, 4.69) is 6.58 Å². The summed E-state index contributed by atoms with van der Waals surface area (Å²) in [6.07, 6.45) is 6.66. The minimum Gasteiger partial charge on any atom is -0.481 e. The largest absolute Gasteiger partial charge is 0.481 e. The topological polar surface area (TPSA) is 83.8 Å². The third-order valence-electron chi connectivity index (χ3n) is 7.97. The molecule has 128 valence electrons. The van der Waals surface area contributed by atoms with Gasteiger partial charge in [-0.05, 0) is 43.6 Å². The second-order valence-corrected chi connectivity index (χ2v) is 8.84. The van der Waals surface area contributed by atoms with Gasteiger partial charge in [0.25, 0.3) is 0 Å². The highest BCUT2D eigenvalue weighted by Crippen LogP contribution is 2.77. The maximum atomic E-state index is 12.6. The normalized spacial score (nSPS) is 56.8. The Morgan fingerprint density at radius 3 is 2.92 bits per heavy atom. The highest BCUT2D eigenvalue weighted by molar-refractivity contribution is 5.86. The first-order valence-electron chi connectivity index (χ1n) is 8.74. The second kappa shape index (κ2) is 3.79. The van der Waals surface area contributed by atoms with E-state index >= 15 is 0 Å². The second-order valence-electron chi connectivity index (χ2n) is 8.84. The van der Waals surface area contributed by atoms with Crippen molar-refractivity contribution in [2.75, 3.05) is 0 Å². The average Bonchev–Trinajstić information content (AvgIpc) is 2.88. The maximum absolute atomic E-state index is 12.6. The van der Waals surface area contributed by atoms with Crippen LogP contribution in [-0.4, -0.2) is 33.4 Å². The lowest BCUT2D eigenvalue weighted by Gasteiger charge is -2.45. The summed E-state index contributed by atoms with van der Waals surface area (Å²) in [6.45, 7) is 5.88. The van der Waals surface area contributed by atoms with E-state index in [0.717, 1.165) is 5.57 Å². The predicted molar refractivity (Wildman–Crippen MR) is 83.8 cm³/mol. The van der Waals surface area contributed by atoms with Gasteiger partial charge in [-0.3, -0.25) is 9.59 Å². The number of carbonyl (C=O) groups is 2. The van der Waals surface area contributed by atoms with E-state index in [1.54, 1.807) is 0 Å². The first-order valence-corrected chi connectivity index (χ1v) is 8.74. The van der Waals surface area contributed by atoms with Crippen LogP contribution in [0.5, 0.6) is 0 Å². The number of carboxylic acid groups (broad SMARTS) is 1. The van der Waals surface area contributed by atoms with Crippen molar-refractivity contribution in [3.8, 4) is 0 Å². The van der Waals surface area contributed by atoms with Crippen molar-refractivity contribution in [1.82, 2.24) is 0 Å². The molecule has 4 aliphatic carbocycles. The number of carboxylic acids is 1. The minimum atomic E-state index is -0.952. The van der Waals surface area contributed by atoms with Crippen molar-refractivity contribution < 1.29 is 24.5 Å². The minimum absolute atomic E-state index is 0.0219. The average molecular weight is 330 g/mol. The summed E-state index contributed by atoms with van der Waals surface area (Å²) in [5, 5.41) is 21.1. The summed E-state index contributed by atoms with van der Waals surface area (Å²) in [5.41, 5.74) is -2.35. The summed E-state index contributed by atoms with van der Waals surface area (Å²) >= 11 is 0. The molecule has 7 atom stereocenters. The Morgan fingerprint density at radius 2 is 2.21 bits per heavy atom. The summed E-state index contributed by atoms with van der Waals surface area (Å²) in [6, 6.07) is 0. The van der Waals surface area contributed by atoms with Crippen LogP contribution in [0, 0.1) is 28.6 Å². The number of esters is 1. The lowest BCUT2D eigenvalue weighted by Crippen LogP contribution is -2.47. The summed E-state index contributed by atoms with van der Waals surface area (Å²) in [7, 11) is 0. The molecule has 1 spiro atoms. The molecule has 5 nitrogen and oxygen atoms in total. The van der Waals surface area contributed by atoms with E-state index < -0.39 is 33.9 Å². The Bertz CT molecular complexity index is 740. The van der Waals surface area contributed by atoms with Crippen LogP contribution in [0.25, 0.3) is 0 Å². The van der Waals surface area contributed by atoms with E-state index in [9.17, 15) is 19.8 Å². The summed E-state index contributed by atoms with van der Waals surface area (Å²) < 4.78 is 5.99. The molecule has 4 fully saturated rings. The molecule has 5 heteroatoms. The van der Waals surface area contributed by atoms with Crippen LogP contribution in [0.4, 0.5) is 0 Å². The van der Waals surface area contributed by atoms with Crippen LogP contribution >= 0.6 is 0 Å². The van der Waals surface area contributed by atoms with E-state index in [0.29, 0.717) is 32.1 Å². The number of hydrogen-bond acceptors (Lipinski definition) is 4. The molecule has 0 unspecified atom stereocenters. The van der Waals surface area contributed by atoms with Crippen LogP contribution in [0.15, 0.2) is 24.3 Å². The maximum Gasteiger partial charge on any atom is 0.316 e. The molecule has 1 aliphatic heterocycles. The Morgan fingerprint density at radius 1 is 1.46 bits per heavy atom. The van der Waals surface area contributed by atoms with Gasteiger partial charge in [0.15, 0.2) is 0 Å². The molecule has 5 rings (SSSR count). The third-order valence-corrected chi connectivity index (χ3v) is 7.97. The van der Waals surface area contributed by atoms with E-state index in [4.69, 9.17) is 4.74 Å². The van der Waals surface area contributed by atoms with E-state index in [1.165, 1.54) is 0 Å². The van der Waals surface area contributed by atoms with Gasteiger partial charge in [0.05, 0.1) is 16.9 Å². The van der Waals surface area contributed by atoms with Crippen molar-refractivity contribution in [3.05, 3.63) is 24.3 Å². The number of aliphatic hydroxyl groups is 1. The molecule has 2 N–H and O–H groups in total. The number of fused-ring (bicyclic) bond motifs is 1. The SMILES string of the molecule is C=C1C[C@]23C[C@@]1(O)CC[C@H]2[C@@]12CC=C[C@@](C)(C(=O)O1)[C@H]2[C@@H]3C(=O)O. The van der Waals surface area contributed by atoms with Gasteiger partial charge in [-0.25, -0.2) is 0 Å². The molecule has 0 amide bonds. The fourth-order valence-electron chi connectivity index (χ4n) is 7.23. The Balaban J connectivity index is 1.77. The molecule has 1 heterocycles. The molecule has 4 bridgehead atoms. The highest BCUT2D eigenvalue weighted by atomic mass is 16.6. The smallest absolute Gasteiger partial charge is 0.316 e. The third kappa shape index (κ3) is 1.25.